The smallest absolute Gasteiger partial charge is 0.313 e. The first-order valence-electron chi connectivity index (χ1n) is 5.89. The zero-order valence-corrected chi connectivity index (χ0v) is 11.6. The number of nitrogens with zero attached hydrogens (tertiary/aromatic N) is 1. The molecule has 0 bridgehead atoms. The molecule has 0 radical (unpaired) electrons. The standard InChI is InChI=1S/C11H18N2O5S/c1-18-8-4-10(15)13(5-8)3-2-12-9(14)6-19-7-11(16)17/h8H,2-7H2,1H3,(H,12,14)(H,16,17)/t8-/m1/s1. The quantitative estimate of drug-likeness (QED) is 0.605. The van der Waals surface area contributed by atoms with Gasteiger partial charge in [-0.05, 0) is 0 Å². The summed E-state index contributed by atoms with van der Waals surface area (Å²) in [5, 5.41) is 11.1. The summed E-state index contributed by atoms with van der Waals surface area (Å²) < 4.78 is 5.11. The lowest BCUT2D eigenvalue weighted by atomic mass is 10.3. The van der Waals surface area contributed by atoms with E-state index in [4.69, 9.17) is 9.84 Å². The monoisotopic (exact) mass is 290 g/mol. The fraction of sp³-hybridized carbons (Fsp3) is 0.727. The maximum Gasteiger partial charge on any atom is 0.313 e. The van der Waals surface area contributed by atoms with Crippen molar-refractivity contribution in [1.29, 1.82) is 0 Å². The minimum Gasteiger partial charge on any atom is -0.481 e. The molecule has 8 heteroatoms. The van der Waals surface area contributed by atoms with Crippen molar-refractivity contribution in [2.24, 2.45) is 0 Å². The summed E-state index contributed by atoms with van der Waals surface area (Å²) in [6.07, 6.45) is 0.327. The molecule has 19 heavy (non-hydrogen) atoms. The highest BCUT2D eigenvalue weighted by molar-refractivity contribution is 8.00. The summed E-state index contributed by atoms with van der Waals surface area (Å²) in [5.41, 5.74) is 0. The number of nitrogens with one attached hydrogen (secondary N) is 1. The van der Waals surface area contributed by atoms with Crippen molar-refractivity contribution >= 4 is 29.5 Å². The van der Waals surface area contributed by atoms with Gasteiger partial charge in [-0.1, -0.05) is 0 Å². The van der Waals surface area contributed by atoms with E-state index in [0.29, 0.717) is 26.1 Å². The molecule has 1 saturated heterocycles. The molecule has 0 unspecified atom stereocenters. The minimum absolute atomic E-state index is 0.0290. The summed E-state index contributed by atoms with van der Waals surface area (Å²) in [5.74, 6) is -1.11. The normalized spacial score (nSPS) is 18.7. The molecule has 0 aromatic heterocycles. The zero-order chi connectivity index (χ0) is 14.3. The van der Waals surface area contributed by atoms with Crippen molar-refractivity contribution < 1.29 is 24.2 Å². The van der Waals surface area contributed by atoms with Gasteiger partial charge in [0.2, 0.25) is 11.8 Å². The number of carbonyl (C=O) groups is 3. The zero-order valence-electron chi connectivity index (χ0n) is 10.8. The highest BCUT2D eigenvalue weighted by Crippen LogP contribution is 2.12. The number of thioether (sulfide) groups is 1. The Bertz CT molecular complexity index is 350. The van der Waals surface area contributed by atoms with Crippen LogP contribution in [-0.4, -0.2) is 72.1 Å². The fourth-order valence-corrected chi connectivity index (χ4v) is 2.29. The lowest BCUT2D eigenvalue weighted by Crippen LogP contribution is -2.36. The van der Waals surface area contributed by atoms with Crippen LogP contribution in [0.15, 0.2) is 0 Å². The SMILES string of the molecule is CO[C@@H]1CC(=O)N(CCNC(=O)CSCC(=O)O)C1. The maximum absolute atomic E-state index is 11.5. The van der Waals surface area contributed by atoms with Gasteiger partial charge >= 0.3 is 5.97 Å². The van der Waals surface area contributed by atoms with Gasteiger partial charge < -0.3 is 20.1 Å². The Morgan fingerprint density at radius 2 is 2.26 bits per heavy atom. The number of aliphatic carboxylic acids is 1. The average molecular weight is 290 g/mol. The van der Waals surface area contributed by atoms with Crippen LogP contribution in [0.2, 0.25) is 0 Å². The number of carboxylic acid groups (broad SMARTS) is 1. The molecule has 0 aromatic rings. The highest BCUT2D eigenvalue weighted by atomic mass is 32.2. The molecule has 7 nitrogen and oxygen atoms in total. The summed E-state index contributed by atoms with van der Waals surface area (Å²) in [7, 11) is 1.57. The van der Waals surface area contributed by atoms with Crippen LogP contribution in [-0.2, 0) is 19.1 Å². The lowest BCUT2D eigenvalue weighted by Gasteiger charge is -2.16. The van der Waals surface area contributed by atoms with Crippen LogP contribution in [0.1, 0.15) is 6.42 Å². The maximum atomic E-state index is 11.5. The van der Waals surface area contributed by atoms with Crippen molar-refractivity contribution in [3.63, 3.8) is 0 Å². The van der Waals surface area contributed by atoms with Crippen molar-refractivity contribution in [3.8, 4) is 0 Å². The molecule has 0 aromatic carbocycles. The molecule has 1 aliphatic rings. The van der Waals surface area contributed by atoms with Crippen molar-refractivity contribution in [1.82, 2.24) is 10.2 Å². The topological polar surface area (TPSA) is 95.9 Å². The van der Waals surface area contributed by atoms with Crippen molar-refractivity contribution in [2.75, 3.05) is 38.2 Å². The van der Waals surface area contributed by atoms with E-state index < -0.39 is 5.97 Å². The van der Waals surface area contributed by atoms with E-state index in [0.717, 1.165) is 11.8 Å². The molecule has 0 spiro atoms. The second-order valence-electron chi connectivity index (χ2n) is 4.14. The number of likely N-dealkylation sites (tertiary alicyclic amines) is 1. The first kappa shape index (κ1) is 15.8. The predicted octanol–water partition coefficient (Wildman–Crippen LogP) is -0.832. The second-order valence-corrected chi connectivity index (χ2v) is 5.12. The van der Waals surface area contributed by atoms with Gasteiger partial charge in [-0.2, -0.15) is 0 Å². The predicted molar refractivity (Wildman–Crippen MR) is 70.0 cm³/mol. The van der Waals surface area contributed by atoms with Crippen LogP contribution < -0.4 is 5.32 Å². The van der Waals surface area contributed by atoms with Crippen molar-refractivity contribution in [3.05, 3.63) is 0 Å². The Morgan fingerprint density at radius 1 is 1.53 bits per heavy atom. The molecule has 1 atom stereocenters. The number of carbonyl (C=O) groups excluding carboxylic acids is 2. The first-order chi connectivity index (χ1) is 9.02. The van der Waals surface area contributed by atoms with E-state index >= 15 is 0 Å². The number of carboxylic acids is 1. The largest absolute Gasteiger partial charge is 0.481 e. The molecule has 1 fully saturated rings. The van der Waals surface area contributed by atoms with Gasteiger partial charge in [-0.25, -0.2) is 0 Å². The highest BCUT2D eigenvalue weighted by Gasteiger charge is 2.28. The van der Waals surface area contributed by atoms with Gasteiger partial charge in [0.25, 0.3) is 0 Å². The van der Waals surface area contributed by atoms with E-state index in [1.807, 2.05) is 0 Å². The Labute approximate surface area is 115 Å². The van der Waals surface area contributed by atoms with E-state index in [2.05, 4.69) is 5.32 Å². The van der Waals surface area contributed by atoms with Gasteiger partial charge in [0.05, 0.1) is 24.0 Å². The van der Waals surface area contributed by atoms with E-state index in [1.54, 1.807) is 12.0 Å². The molecule has 2 N–H and O–H groups in total. The third kappa shape index (κ3) is 5.93. The summed E-state index contributed by atoms with van der Waals surface area (Å²) in [6, 6.07) is 0. The first-order valence-corrected chi connectivity index (χ1v) is 7.05. The molecule has 2 amide bonds. The number of hydrogen-bond donors (Lipinski definition) is 2. The molecule has 0 aliphatic carbocycles. The summed E-state index contributed by atoms with van der Waals surface area (Å²) in [4.78, 5) is 34.8. The number of methoxy groups -OCH3 is 1. The van der Waals surface area contributed by atoms with Crippen LogP contribution in [0.5, 0.6) is 0 Å². The van der Waals surface area contributed by atoms with Gasteiger partial charge in [0.15, 0.2) is 0 Å². The van der Waals surface area contributed by atoms with Crippen LogP contribution in [0.25, 0.3) is 0 Å². The van der Waals surface area contributed by atoms with Crippen LogP contribution in [0.4, 0.5) is 0 Å². The lowest BCUT2D eigenvalue weighted by molar-refractivity contribution is -0.134. The molecular formula is C11H18N2O5S. The van der Waals surface area contributed by atoms with Crippen LogP contribution in [0, 0.1) is 0 Å². The molecule has 1 heterocycles. The second kappa shape index (κ2) is 8.00. The summed E-state index contributed by atoms with van der Waals surface area (Å²) >= 11 is 1.04. The summed E-state index contributed by atoms with van der Waals surface area (Å²) in [6.45, 7) is 1.38. The van der Waals surface area contributed by atoms with Crippen molar-refractivity contribution in [2.45, 2.75) is 12.5 Å². The van der Waals surface area contributed by atoms with Gasteiger partial charge in [-0.3, -0.25) is 14.4 Å². The molecular weight excluding hydrogens is 272 g/mol. The third-order valence-electron chi connectivity index (χ3n) is 2.67. The average Bonchev–Trinajstić information content (AvgIpc) is 2.70. The number of rotatable bonds is 8. The van der Waals surface area contributed by atoms with E-state index in [1.165, 1.54) is 0 Å². The molecule has 0 saturated carbocycles. The Morgan fingerprint density at radius 3 is 2.84 bits per heavy atom. The Hall–Kier alpha value is -1.28. The molecule has 108 valence electrons. The third-order valence-corrected chi connectivity index (χ3v) is 3.59. The van der Waals surface area contributed by atoms with E-state index in [9.17, 15) is 14.4 Å². The Kier molecular flexibility index (Phi) is 6.65. The van der Waals surface area contributed by atoms with E-state index in [-0.39, 0.29) is 29.4 Å². The van der Waals surface area contributed by atoms with Crippen LogP contribution in [0.3, 0.4) is 0 Å². The van der Waals surface area contributed by atoms with Gasteiger partial charge in [-0.15, -0.1) is 11.8 Å². The minimum atomic E-state index is -0.939. The van der Waals surface area contributed by atoms with Gasteiger partial charge in [0, 0.05) is 26.7 Å². The van der Waals surface area contributed by atoms with Crippen LogP contribution >= 0.6 is 11.8 Å². The number of hydrogen-bond acceptors (Lipinski definition) is 5. The number of amides is 2. The van der Waals surface area contributed by atoms with Gasteiger partial charge in [0.1, 0.15) is 0 Å². The molecule has 1 rings (SSSR count). The number of ether oxygens (including phenoxy) is 1. The fourth-order valence-electron chi connectivity index (χ4n) is 1.72. The molecule has 1 aliphatic heterocycles. The Balaban J connectivity index is 2.11.